The van der Waals surface area contributed by atoms with Gasteiger partial charge in [0.25, 0.3) is 5.91 Å². The van der Waals surface area contributed by atoms with Crippen molar-refractivity contribution in [2.45, 2.75) is 117 Å². The average Bonchev–Trinajstić information content (AvgIpc) is 3.54. The second-order valence-corrected chi connectivity index (χ2v) is 23.8. The van der Waals surface area contributed by atoms with Crippen LogP contribution in [0.3, 0.4) is 0 Å². The Morgan fingerprint density at radius 3 is 1.44 bits per heavy atom. The van der Waals surface area contributed by atoms with Crippen molar-refractivity contribution >= 4 is 101 Å². The summed E-state index contributed by atoms with van der Waals surface area (Å²) in [5, 5.41) is 7.49. The summed E-state index contributed by atoms with van der Waals surface area (Å²) < 4.78 is 29.0. The minimum absolute atomic E-state index is 0. The largest absolute Gasteiger partial charge is 2.00 e. The Hall–Kier alpha value is -5.48. The second kappa shape index (κ2) is 25.2. The molecule has 6 aromatic carbocycles. The molecule has 1 N–H and O–H groups in total. The quantitative estimate of drug-likeness (QED) is 0.0578. The van der Waals surface area contributed by atoms with E-state index in [1.165, 1.54) is 31.1 Å². The number of aromatic nitrogens is 4. The van der Waals surface area contributed by atoms with Crippen LogP contribution in [0.15, 0.2) is 84.9 Å². The Kier molecular flexibility index (Phi) is 18.7. The third-order valence-electron chi connectivity index (χ3n) is 17.5. The van der Waals surface area contributed by atoms with Crippen molar-refractivity contribution in [3.63, 3.8) is 0 Å². The first-order chi connectivity index (χ1) is 38.2. The third kappa shape index (κ3) is 11.8. The molecular formula is C66H77ClMgN6O7. The zero-order chi connectivity index (χ0) is 55.2. The molecule has 6 heterocycles. The van der Waals surface area contributed by atoms with Gasteiger partial charge in [-0.05, 0) is 113 Å². The van der Waals surface area contributed by atoms with Gasteiger partial charge in [0.15, 0.2) is 0 Å². The molecule has 1 amide bonds. The number of carbonyl (C=O) groups is 2. The molecule has 6 atom stereocenters. The summed E-state index contributed by atoms with van der Waals surface area (Å²) in [4.78, 5) is 47.8. The summed E-state index contributed by atoms with van der Waals surface area (Å²) in [5.74, 6) is 4.52. The monoisotopic (exact) mass is 1120 g/mol. The fraction of sp³-hybridized carbons (Fsp3) is 0.470. The van der Waals surface area contributed by atoms with Gasteiger partial charge in [0, 0.05) is 76.3 Å². The number of amides is 1. The number of morpholine rings is 2. The van der Waals surface area contributed by atoms with Crippen LogP contribution >= 0.6 is 0 Å². The second-order valence-electron chi connectivity index (χ2n) is 23.8. The van der Waals surface area contributed by atoms with E-state index in [0.29, 0.717) is 78.5 Å². The van der Waals surface area contributed by atoms with Gasteiger partial charge in [-0.25, -0.2) is 24.7 Å². The van der Waals surface area contributed by atoms with Gasteiger partial charge < -0.3 is 52.7 Å². The maximum Gasteiger partial charge on any atom is 2.00 e. The molecular weight excluding hydrogens is 1050 g/mol. The van der Waals surface area contributed by atoms with Crippen LogP contribution in [0.5, 0.6) is 11.5 Å². The molecule has 2 saturated heterocycles. The van der Waals surface area contributed by atoms with Gasteiger partial charge >= 0.3 is 29.0 Å². The number of benzene rings is 6. The summed E-state index contributed by atoms with van der Waals surface area (Å²) in [6.07, 6.45) is 9.03. The Morgan fingerprint density at radius 2 is 1.01 bits per heavy atom. The molecule has 4 aliphatic heterocycles. The number of ether oxygens (including phenoxy) is 5. The molecule has 14 rings (SSSR count). The van der Waals surface area contributed by atoms with Crippen LogP contribution in [0.1, 0.15) is 138 Å². The van der Waals surface area contributed by atoms with Crippen molar-refractivity contribution in [1.29, 1.82) is 0 Å². The summed E-state index contributed by atoms with van der Waals surface area (Å²) in [7, 11) is 1.39. The maximum absolute atomic E-state index is 13.2. The van der Waals surface area contributed by atoms with Crippen LogP contribution < -0.4 is 27.2 Å². The number of halogens is 1. The molecule has 0 unspecified atom stereocenters. The van der Waals surface area contributed by atoms with Crippen molar-refractivity contribution in [2.24, 2.45) is 23.7 Å². The molecule has 0 spiro atoms. The van der Waals surface area contributed by atoms with Gasteiger partial charge in [-0.15, -0.1) is 0 Å². The van der Waals surface area contributed by atoms with E-state index < -0.39 is 0 Å². The van der Waals surface area contributed by atoms with Crippen LogP contribution in [0.2, 0.25) is 0 Å². The van der Waals surface area contributed by atoms with E-state index in [1.54, 1.807) is 12.1 Å². The smallest absolute Gasteiger partial charge is 1.00 e. The number of carbonyl (C=O) groups excluding carboxylic acids is 2. The van der Waals surface area contributed by atoms with Crippen LogP contribution in [0.25, 0.3) is 65.7 Å². The van der Waals surface area contributed by atoms with Crippen molar-refractivity contribution in [1.82, 2.24) is 30.2 Å². The SMILES string of the molecule is C1COCCN1.COC(=O)c1ccc2nc3c(nc2c1)c1c(c2ccccc23)OC(C)(C)[C@H]2CC[C@H](C)C[C@H]12.C[C@H]1CC[C@H]2[C@H](C1)c1c(c3ccccc3c3nc4ccc(C(=O)N5CCOCC5)cc4nc13)OC2(C)C.C[CH-]C.[Cl-].[Mg+2]. The van der Waals surface area contributed by atoms with Crippen LogP contribution in [0.4, 0.5) is 0 Å². The molecule has 2 aromatic heterocycles. The van der Waals surface area contributed by atoms with Gasteiger partial charge in [0.2, 0.25) is 0 Å². The van der Waals surface area contributed by atoms with E-state index in [2.05, 4.69) is 89.3 Å². The first-order valence-electron chi connectivity index (χ1n) is 28.9. The molecule has 81 heavy (non-hydrogen) atoms. The fourth-order valence-electron chi connectivity index (χ4n) is 13.6. The summed E-state index contributed by atoms with van der Waals surface area (Å²) in [6, 6.07) is 27.9. The Balaban J connectivity index is 0.000000167. The number of esters is 1. The molecule has 15 heteroatoms. The predicted molar refractivity (Wildman–Crippen MR) is 320 cm³/mol. The molecule has 0 radical (unpaired) electrons. The molecule has 422 valence electrons. The zero-order valence-corrected chi connectivity index (χ0v) is 50.9. The van der Waals surface area contributed by atoms with Crippen molar-refractivity contribution in [3.05, 3.63) is 114 Å². The van der Waals surface area contributed by atoms with Crippen LogP contribution in [0, 0.1) is 30.1 Å². The molecule has 13 nitrogen and oxygen atoms in total. The van der Waals surface area contributed by atoms with E-state index in [4.69, 9.17) is 43.6 Å². The van der Waals surface area contributed by atoms with Gasteiger partial charge in [-0.3, -0.25) is 4.79 Å². The number of nitrogens with zero attached hydrogens (tertiary/aromatic N) is 5. The molecule has 0 bridgehead atoms. The Labute approximate surface area is 498 Å². The minimum atomic E-state index is -0.370. The summed E-state index contributed by atoms with van der Waals surface area (Å²) in [5.41, 5.74) is 9.75. The third-order valence-corrected chi connectivity index (χ3v) is 17.5. The van der Waals surface area contributed by atoms with Crippen LogP contribution in [-0.2, 0) is 14.2 Å². The number of hydrogen-bond donors (Lipinski definition) is 1. The maximum atomic E-state index is 13.2. The minimum Gasteiger partial charge on any atom is -1.00 e. The first-order valence-corrected chi connectivity index (χ1v) is 28.9. The Morgan fingerprint density at radius 1 is 0.593 bits per heavy atom. The van der Waals surface area contributed by atoms with E-state index in [1.807, 2.05) is 55.5 Å². The summed E-state index contributed by atoms with van der Waals surface area (Å²) in [6.45, 7) is 23.9. The van der Waals surface area contributed by atoms with E-state index in [0.717, 1.165) is 124 Å². The first kappa shape index (κ1) is 60.1. The predicted octanol–water partition coefficient (Wildman–Crippen LogP) is 9.97. The molecule has 6 aliphatic rings. The van der Waals surface area contributed by atoms with Crippen molar-refractivity contribution < 1.29 is 45.7 Å². The van der Waals surface area contributed by atoms with Gasteiger partial charge in [0.1, 0.15) is 22.7 Å². The van der Waals surface area contributed by atoms with Crippen LogP contribution in [-0.4, -0.2) is 131 Å². The molecule has 2 saturated carbocycles. The zero-order valence-electron chi connectivity index (χ0n) is 48.7. The number of rotatable bonds is 2. The topological polar surface area (TPSA) is 147 Å². The Bertz CT molecular complexity index is 3590. The fourth-order valence-corrected chi connectivity index (χ4v) is 13.6. The van der Waals surface area contributed by atoms with Gasteiger partial charge in [-0.1, -0.05) is 75.2 Å². The van der Waals surface area contributed by atoms with E-state index in [9.17, 15) is 9.59 Å². The van der Waals surface area contributed by atoms with Crippen molar-refractivity contribution in [2.75, 3.05) is 59.7 Å². The van der Waals surface area contributed by atoms with Gasteiger partial charge in [-0.2, -0.15) is 13.8 Å². The average molecular weight is 1130 g/mol. The van der Waals surface area contributed by atoms with Crippen molar-refractivity contribution in [3.8, 4) is 11.5 Å². The van der Waals surface area contributed by atoms with E-state index in [-0.39, 0.29) is 58.5 Å². The standard InChI is InChI=1S/C31H33N3O3.C28H28N2O3.C4H9NO.C3H7.ClH.Mg/c1-18-8-10-23-22(16-18)26-28-27(20-6-4-5-7-21(20)29(26)37-31(23,2)3)32-24-11-9-19(17-25(24)33-28)30(35)34-12-14-36-15-13-34;1-15-9-11-20-19(13-15)23-25-24(17-7-5-6-8-18(17)26(23)33-28(20,2)3)29-21-12-10-16(27(31)32-4)14-22(21)30-25;1-3-6-4-2-5-1;1-3-2;;/h4-7,9,11,17-18,22-23H,8,10,12-16H2,1-3H3;5-8,10,12,14-15,19-20H,9,11,13H2,1-4H3;5H,1-4H2;3H,1-2H3;1H;/q;;;-1;;+2/p-1/t18-,22-,23-;15-,19-,20-;;;;/m00..../s1. The van der Waals surface area contributed by atoms with Gasteiger partial charge in [0.05, 0.1) is 83.2 Å². The van der Waals surface area contributed by atoms with E-state index >= 15 is 0 Å². The number of fused-ring (bicyclic) bond motifs is 18. The number of nitrogens with one attached hydrogen (secondary N) is 1. The summed E-state index contributed by atoms with van der Waals surface area (Å²) >= 11 is 0. The number of hydrogen-bond acceptors (Lipinski definition) is 12. The molecule has 2 aliphatic carbocycles. The number of methoxy groups -OCH3 is 1. The molecule has 4 fully saturated rings. The molecule has 8 aromatic rings. The normalized spacial score (nSPS) is 23.1.